The fourth-order valence-electron chi connectivity index (χ4n) is 1.43. The third-order valence-corrected chi connectivity index (χ3v) is 2.06. The maximum atomic E-state index is 11.0. The van der Waals surface area contributed by atoms with Gasteiger partial charge in [0.2, 0.25) is 5.91 Å². The molecule has 0 aliphatic heterocycles. The first-order valence-corrected chi connectivity index (χ1v) is 4.30. The molecule has 4 nitrogen and oxygen atoms in total. The minimum atomic E-state index is -0.514. The third kappa shape index (κ3) is 2.53. The molecule has 0 spiro atoms. The second-order valence-electron chi connectivity index (χ2n) is 2.86. The Balaban J connectivity index is 0.00000196. The van der Waals surface area contributed by atoms with Gasteiger partial charge in [-0.3, -0.25) is 4.79 Å². The van der Waals surface area contributed by atoms with Gasteiger partial charge < -0.3 is 15.6 Å². The predicted octanol–water partition coefficient (Wildman–Crippen LogP) is 1.48. The molecule has 0 aliphatic rings. The van der Waals surface area contributed by atoms with E-state index in [9.17, 15) is 9.90 Å². The number of ether oxygens (including phenoxy) is 1. The molecule has 0 aromatic heterocycles. The molecule has 1 aromatic carbocycles. The Kier molecular flexibility index (Phi) is 4.94. The van der Waals surface area contributed by atoms with E-state index in [4.69, 9.17) is 10.5 Å². The molecule has 0 saturated carbocycles. The van der Waals surface area contributed by atoms with Crippen LogP contribution in [0.25, 0.3) is 0 Å². The summed E-state index contributed by atoms with van der Waals surface area (Å²) >= 11 is 0. The third-order valence-electron chi connectivity index (χ3n) is 2.06. The van der Waals surface area contributed by atoms with Gasteiger partial charge in [0.25, 0.3) is 0 Å². The average molecular weight is 232 g/mol. The molecule has 0 saturated heterocycles. The van der Waals surface area contributed by atoms with Gasteiger partial charge in [-0.1, -0.05) is 6.92 Å². The van der Waals surface area contributed by atoms with E-state index in [1.807, 2.05) is 6.92 Å². The number of aromatic hydroxyl groups is 1. The van der Waals surface area contributed by atoms with Crippen molar-refractivity contribution >= 4 is 18.3 Å². The van der Waals surface area contributed by atoms with Crippen LogP contribution < -0.4 is 10.5 Å². The lowest BCUT2D eigenvalue weighted by atomic mass is 10.0. The number of carbonyl (C=O) groups excluding carboxylic acids is 1. The Morgan fingerprint density at radius 1 is 1.53 bits per heavy atom. The molecular weight excluding hydrogens is 218 g/mol. The molecule has 0 bridgehead atoms. The molecular formula is C10H14ClNO3. The lowest BCUT2D eigenvalue weighted by Gasteiger charge is -2.11. The zero-order chi connectivity index (χ0) is 10.7. The fourth-order valence-corrected chi connectivity index (χ4v) is 1.43. The summed E-state index contributed by atoms with van der Waals surface area (Å²) in [5, 5.41) is 9.45. The highest BCUT2D eigenvalue weighted by molar-refractivity contribution is 5.95. The maximum absolute atomic E-state index is 11.0. The van der Waals surface area contributed by atoms with E-state index in [0.717, 1.165) is 0 Å². The number of amides is 1. The highest BCUT2D eigenvalue weighted by atomic mass is 35.5. The van der Waals surface area contributed by atoms with Crippen LogP contribution in [0.2, 0.25) is 0 Å². The van der Waals surface area contributed by atoms with E-state index in [2.05, 4.69) is 0 Å². The van der Waals surface area contributed by atoms with E-state index in [0.29, 0.717) is 23.3 Å². The lowest BCUT2D eigenvalue weighted by molar-refractivity contribution is 0.0999. The molecule has 84 valence electrons. The smallest absolute Gasteiger partial charge is 0.249 e. The molecule has 0 heterocycles. The number of primary amides is 1. The van der Waals surface area contributed by atoms with Crippen molar-refractivity contribution < 1.29 is 14.6 Å². The summed E-state index contributed by atoms with van der Waals surface area (Å²) in [5.41, 5.74) is 6.22. The number of carbonyl (C=O) groups is 1. The minimum Gasteiger partial charge on any atom is -0.504 e. The van der Waals surface area contributed by atoms with Crippen molar-refractivity contribution in [3.8, 4) is 11.5 Å². The number of rotatable bonds is 3. The van der Waals surface area contributed by atoms with E-state index in [-0.39, 0.29) is 18.2 Å². The van der Waals surface area contributed by atoms with Crippen LogP contribution in [-0.2, 0) is 6.42 Å². The van der Waals surface area contributed by atoms with Gasteiger partial charge in [-0.2, -0.15) is 0 Å². The van der Waals surface area contributed by atoms with Crippen LogP contribution in [0.15, 0.2) is 12.1 Å². The Morgan fingerprint density at radius 2 is 2.13 bits per heavy atom. The van der Waals surface area contributed by atoms with E-state index < -0.39 is 5.91 Å². The van der Waals surface area contributed by atoms with Crippen LogP contribution in [0.3, 0.4) is 0 Å². The van der Waals surface area contributed by atoms with Gasteiger partial charge in [0, 0.05) is 11.1 Å². The van der Waals surface area contributed by atoms with Gasteiger partial charge in [0.15, 0.2) is 11.5 Å². The molecule has 1 rings (SSSR count). The summed E-state index contributed by atoms with van der Waals surface area (Å²) in [6.45, 7) is 1.86. The Morgan fingerprint density at radius 3 is 2.53 bits per heavy atom. The topological polar surface area (TPSA) is 72.6 Å². The highest BCUT2D eigenvalue weighted by Crippen LogP contribution is 2.32. The number of nitrogens with two attached hydrogens (primary N) is 1. The first-order valence-electron chi connectivity index (χ1n) is 4.30. The molecule has 3 N–H and O–H groups in total. The van der Waals surface area contributed by atoms with Gasteiger partial charge in [-0.15, -0.1) is 12.4 Å². The van der Waals surface area contributed by atoms with Crippen molar-refractivity contribution in [1.82, 2.24) is 0 Å². The first-order chi connectivity index (χ1) is 6.61. The Hall–Kier alpha value is -1.42. The van der Waals surface area contributed by atoms with E-state index in [1.54, 1.807) is 0 Å². The van der Waals surface area contributed by atoms with Crippen LogP contribution in [0.1, 0.15) is 22.8 Å². The second-order valence-corrected chi connectivity index (χ2v) is 2.86. The van der Waals surface area contributed by atoms with Gasteiger partial charge >= 0.3 is 0 Å². The van der Waals surface area contributed by atoms with E-state index in [1.165, 1.54) is 19.2 Å². The van der Waals surface area contributed by atoms with Crippen LogP contribution in [0.5, 0.6) is 11.5 Å². The Bertz CT molecular complexity index is 366. The summed E-state index contributed by atoms with van der Waals surface area (Å²) in [7, 11) is 1.44. The monoisotopic (exact) mass is 231 g/mol. The SMILES string of the molecule is CCc1c(C(N)=O)ccc(O)c1OC.Cl. The molecule has 0 aliphatic carbocycles. The molecule has 0 radical (unpaired) electrons. The molecule has 0 unspecified atom stereocenters. The number of hydrogen-bond donors (Lipinski definition) is 2. The number of phenols is 1. The predicted molar refractivity (Wildman–Crippen MR) is 59.8 cm³/mol. The number of benzene rings is 1. The van der Waals surface area contributed by atoms with Gasteiger partial charge in [-0.25, -0.2) is 0 Å². The van der Waals surface area contributed by atoms with Crippen molar-refractivity contribution in [3.63, 3.8) is 0 Å². The van der Waals surface area contributed by atoms with Crippen molar-refractivity contribution in [2.45, 2.75) is 13.3 Å². The first kappa shape index (κ1) is 13.6. The van der Waals surface area contributed by atoms with Gasteiger partial charge in [-0.05, 0) is 18.6 Å². The van der Waals surface area contributed by atoms with E-state index >= 15 is 0 Å². The highest BCUT2D eigenvalue weighted by Gasteiger charge is 2.14. The summed E-state index contributed by atoms with van der Waals surface area (Å²) in [6.07, 6.45) is 0.579. The molecule has 1 amide bonds. The average Bonchev–Trinajstić information content (AvgIpc) is 2.16. The minimum absolute atomic E-state index is 0. The largest absolute Gasteiger partial charge is 0.504 e. The molecule has 1 aromatic rings. The van der Waals surface area contributed by atoms with Crippen molar-refractivity contribution in [3.05, 3.63) is 23.3 Å². The maximum Gasteiger partial charge on any atom is 0.249 e. The molecule has 0 fully saturated rings. The second kappa shape index (κ2) is 5.46. The van der Waals surface area contributed by atoms with Gasteiger partial charge in [0.05, 0.1) is 7.11 Å². The molecule has 0 atom stereocenters. The van der Waals surface area contributed by atoms with Gasteiger partial charge in [0.1, 0.15) is 0 Å². The van der Waals surface area contributed by atoms with Crippen LogP contribution >= 0.6 is 12.4 Å². The molecule has 5 heteroatoms. The summed E-state index contributed by atoms with van der Waals surface area (Å²) in [6, 6.07) is 2.90. The summed E-state index contributed by atoms with van der Waals surface area (Å²) in [4.78, 5) is 11.0. The zero-order valence-corrected chi connectivity index (χ0v) is 9.43. The normalized spacial score (nSPS) is 9.20. The number of methoxy groups -OCH3 is 1. The summed E-state index contributed by atoms with van der Waals surface area (Å²) < 4.78 is 5.00. The van der Waals surface area contributed by atoms with Crippen molar-refractivity contribution in [1.29, 1.82) is 0 Å². The quantitative estimate of drug-likeness (QED) is 0.828. The van der Waals surface area contributed by atoms with Crippen LogP contribution in [0.4, 0.5) is 0 Å². The number of phenolic OH excluding ortho intramolecular Hbond substituents is 1. The summed E-state index contributed by atoms with van der Waals surface area (Å²) in [5.74, 6) is -0.168. The van der Waals surface area contributed by atoms with Crippen molar-refractivity contribution in [2.24, 2.45) is 5.73 Å². The molecule has 15 heavy (non-hydrogen) atoms. The lowest BCUT2D eigenvalue weighted by Crippen LogP contribution is -2.14. The number of hydrogen-bond acceptors (Lipinski definition) is 3. The fraction of sp³-hybridized carbons (Fsp3) is 0.300. The Labute approximate surface area is 94.5 Å². The standard InChI is InChI=1S/C10H13NO3.ClH/c1-3-6-7(10(11)13)4-5-8(12)9(6)14-2;/h4-5,12H,3H2,1-2H3,(H2,11,13);1H. The van der Waals surface area contributed by atoms with Crippen molar-refractivity contribution in [2.75, 3.05) is 7.11 Å². The van der Waals surface area contributed by atoms with Crippen LogP contribution in [0, 0.1) is 0 Å². The van der Waals surface area contributed by atoms with Crippen LogP contribution in [-0.4, -0.2) is 18.1 Å². The number of halogens is 1. The zero-order valence-electron chi connectivity index (χ0n) is 8.61.